The number of nitrogens with zero attached hydrogens (tertiary/aromatic N) is 4. The van der Waals surface area contributed by atoms with Gasteiger partial charge in [-0.1, -0.05) is 0 Å². The third-order valence-electron chi connectivity index (χ3n) is 2.63. The van der Waals surface area contributed by atoms with Crippen molar-refractivity contribution in [3.05, 3.63) is 34.9 Å². The van der Waals surface area contributed by atoms with Gasteiger partial charge in [0.2, 0.25) is 0 Å². The number of nitrogens with one attached hydrogen (secondary N) is 1. The van der Waals surface area contributed by atoms with Gasteiger partial charge in [0.15, 0.2) is 0 Å². The second-order valence-corrected chi connectivity index (χ2v) is 4.15. The Morgan fingerprint density at radius 2 is 2.06 bits per heavy atom. The van der Waals surface area contributed by atoms with Crippen molar-refractivity contribution in [3.8, 4) is 5.95 Å². The van der Waals surface area contributed by atoms with Crippen molar-refractivity contribution in [2.45, 2.75) is 27.3 Å². The minimum absolute atomic E-state index is 0.632. The molecule has 0 radical (unpaired) electrons. The molecule has 0 bridgehead atoms. The number of aromatic nitrogens is 4. The van der Waals surface area contributed by atoms with Crippen LogP contribution in [0.2, 0.25) is 0 Å². The van der Waals surface area contributed by atoms with E-state index in [-0.39, 0.29) is 0 Å². The Morgan fingerprint density at radius 1 is 1.29 bits per heavy atom. The predicted molar refractivity (Wildman–Crippen MR) is 66.1 cm³/mol. The molecule has 17 heavy (non-hydrogen) atoms. The second-order valence-electron chi connectivity index (χ2n) is 4.15. The highest BCUT2D eigenvalue weighted by Gasteiger charge is 2.08. The molecule has 2 heterocycles. The molecule has 5 nitrogen and oxygen atoms in total. The highest BCUT2D eigenvalue weighted by Crippen LogP contribution is 2.10. The van der Waals surface area contributed by atoms with Crippen molar-refractivity contribution in [1.82, 2.24) is 25.1 Å². The Hall–Kier alpha value is -1.75. The van der Waals surface area contributed by atoms with Crippen LogP contribution >= 0.6 is 0 Å². The lowest BCUT2D eigenvalue weighted by Crippen LogP contribution is -2.11. The van der Waals surface area contributed by atoms with E-state index in [2.05, 4.69) is 20.4 Å². The lowest BCUT2D eigenvalue weighted by Gasteiger charge is -2.07. The molecule has 0 aliphatic rings. The summed E-state index contributed by atoms with van der Waals surface area (Å²) in [5.74, 6) is 0.632. The number of aryl methyl sites for hydroxylation is 3. The molecular formula is C12H17N5. The summed E-state index contributed by atoms with van der Waals surface area (Å²) in [7, 11) is 1.91. The van der Waals surface area contributed by atoms with E-state index < -0.39 is 0 Å². The van der Waals surface area contributed by atoms with Gasteiger partial charge in [0.05, 0.1) is 5.69 Å². The highest BCUT2D eigenvalue weighted by atomic mass is 15.4. The van der Waals surface area contributed by atoms with Crippen LogP contribution in [-0.4, -0.2) is 26.8 Å². The monoisotopic (exact) mass is 231 g/mol. The van der Waals surface area contributed by atoms with E-state index in [1.807, 2.05) is 40.1 Å². The fourth-order valence-electron chi connectivity index (χ4n) is 1.78. The fourth-order valence-corrected chi connectivity index (χ4v) is 1.78. The molecule has 0 spiro atoms. The Kier molecular flexibility index (Phi) is 3.19. The maximum Gasteiger partial charge on any atom is 0.250 e. The van der Waals surface area contributed by atoms with E-state index in [1.54, 1.807) is 4.68 Å². The minimum Gasteiger partial charge on any atom is -0.316 e. The quantitative estimate of drug-likeness (QED) is 0.865. The van der Waals surface area contributed by atoms with E-state index in [1.165, 1.54) is 0 Å². The van der Waals surface area contributed by atoms with Crippen LogP contribution < -0.4 is 5.32 Å². The summed E-state index contributed by atoms with van der Waals surface area (Å²) in [5.41, 5.74) is 4.11. The summed E-state index contributed by atoms with van der Waals surface area (Å²) in [6.07, 6.45) is 1.85. The molecule has 0 aliphatic heterocycles. The first-order chi connectivity index (χ1) is 8.11. The molecule has 1 N–H and O–H groups in total. The van der Waals surface area contributed by atoms with Gasteiger partial charge in [-0.15, -0.1) is 0 Å². The molecule has 5 heteroatoms. The van der Waals surface area contributed by atoms with Crippen LogP contribution in [0.4, 0.5) is 0 Å². The molecule has 0 fully saturated rings. The van der Waals surface area contributed by atoms with Gasteiger partial charge in [0.1, 0.15) is 0 Å². The van der Waals surface area contributed by atoms with Crippen LogP contribution in [0.25, 0.3) is 5.95 Å². The Morgan fingerprint density at radius 3 is 2.59 bits per heavy atom. The standard InChI is InChI=1S/C12H17N5/c1-8-5-9(2)17(16-8)12-14-7-11(6-13-4)10(3)15-12/h5,7,13H,6H2,1-4H3. The molecule has 0 unspecified atom stereocenters. The Balaban J connectivity index is 2.41. The van der Waals surface area contributed by atoms with Gasteiger partial charge >= 0.3 is 0 Å². The van der Waals surface area contributed by atoms with Crippen LogP contribution in [0.1, 0.15) is 22.6 Å². The van der Waals surface area contributed by atoms with Gasteiger partial charge in [0, 0.05) is 29.7 Å². The first-order valence-electron chi connectivity index (χ1n) is 5.62. The van der Waals surface area contributed by atoms with Crippen molar-refractivity contribution in [1.29, 1.82) is 0 Å². The normalized spacial score (nSPS) is 10.8. The third-order valence-corrected chi connectivity index (χ3v) is 2.63. The first-order valence-corrected chi connectivity index (χ1v) is 5.62. The van der Waals surface area contributed by atoms with Crippen LogP contribution in [0.5, 0.6) is 0 Å². The first kappa shape index (κ1) is 11.7. The zero-order valence-electron chi connectivity index (χ0n) is 10.7. The van der Waals surface area contributed by atoms with Crippen molar-refractivity contribution in [2.75, 3.05) is 7.05 Å². The zero-order chi connectivity index (χ0) is 12.4. The maximum absolute atomic E-state index is 4.49. The summed E-state index contributed by atoms with van der Waals surface area (Å²) in [4.78, 5) is 8.84. The fraction of sp³-hybridized carbons (Fsp3) is 0.417. The van der Waals surface area contributed by atoms with Gasteiger partial charge in [-0.3, -0.25) is 0 Å². The van der Waals surface area contributed by atoms with Gasteiger partial charge in [0.25, 0.3) is 5.95 Å². The maximum atomic E-state index is 4.49. The van der Waals surface area contributed by atoms with Gasteiger partial charge in [-0.2, -0.15) is 5.10 Å². The molecule has 0 saturated carbocycles. The highest BCUT2D eigenvalue weighted by molar-refractivity contribution is 5.24. The summed E-state index contributed by atoms with van der Waals surface area (Å²) in [6, 6.07) is 2.01. The Labute approximate surface area is 101 Å². The SMILES string of the molecule is CNCc1cnc(-n2nc(C)cc2C)nc1C. The van der Waals surface area contributed by atoms with E-state index in [0.29, 0.717) is 5.95 Å². The van der Waals surface area contributed by atoms with E-state index in [0.717, 1.165) is 29.2 Å². The molecule has 0 aliphatic carbocycles. The molecular weight excluding hydrogens is 214 g/mol. The summed E-state index contributed by atoms with van der Waals surface area (Å²) in [5, 5.41) is 7.47. The second kappa shape index (κ2) is 4.63. The summed E-state index contributed by atoms with van der Waals surface area (Å²) in [6.45, 7) is 6.73. The van der Waals surface area contributed by atoms with Crippen molar-refractivity contribution in [2.24, 2.45) is 0 Å². The van der Waals surface area contributed by atoms with Crippen LogP contribution in [-0.2, 0) is 6.54 Å². The zero-order valence-corrected chi connectivity index (χ0v) is 10.7. The summed E-state index contributed by atoms with van der Waals surface area (Å²) < 4.78 is 1.77. The Bertz CT molecular complexity index is 530. The predicted octanol–water partition coefficient (Wildman–Crippen LogP) is 1.31. The third kappa shape index (κ3) is 2.34. The van der Waals surface area contributed by atoms with Crippen molar-refractivity contribution in [3.63, 3.8) is 0 Å². The lowest BCUT2D eigenvalue weighted by atomic mass is 10.2. The van der Waals surface area contributed by atoms with Gasteiger partial charge in [-0.05, 0) is 33.9 Å². The molecule has 0 saturated heterocycles. The molecule has 90 valence electrons. The van der Waals surface area contributed by atoms with E-state index in [9.17, 15) is 0 Å². The van der Waals surface area contributed by atoms with E-state index in [4.69, 9.17) is 0 Å². The number of hydrogen-bond acceptors (Lipinski definition) is 4. The van der Waals surface area contributed by atoms with Crippen LogP contribution in [0.3, 0.4) is 0 Å². The molecule has 0 aromatic carbocycles. The summed E-state index contributed by atoms with van der Waals surface area (Å²) >= 11 is 0. The average Bonchev–Trinajstić information content (AvgIpc) is 2.61. The van der Waals surface area contributed by atoms with Crippen LogP contribution in [0.15, 0.2) is 12.3 Å². The molecule has 2 rings (SSSR count). The van der Waals surface area contributed by atoms with Crippen LogP contribution in [0, 0.1) is 20.8 Å². The number of hydrogen-bond donors (Lipinski definition) is 1. The topological polar surface area (TPSA) is 55.6 Å². The largest absolute Gasteiger partial charge is 0.316 e. The molecule has 0 amide bonds. The smallest absolute Gasteiger partial charge is 0.250 e. The van der Waals surface area contributed by atoms with Gasteiger partial charge < -0.3 is 5.32 Å². The molecule has 0 atom stereocenters. The minimum atomic E-state index is 0.632. The van der Waals surface area contributed by atoms with E-state index >= 15 is 0 Å². The molecule has 2 aromatic heterocycles. The lowest BCUT2D eigenvalue weighted by molar-refractivity contribution is 0.746. The van der Waals surface area contributed by atoms with Crippen molar-refractivity contribution >= 4 is 0 Å². The average molecular weight is 231 g/mol. The number of rotatable bonds is 3. The molecule has 2 aromatic rings. The van der Waals surface area contributed by atoms with Crippen molar-refractivity contribution < 1.29 is 0 Å². The van der Waals surface area contributed by atoms with Gasteiger partial charge in [-0.25, -0.2) is 14.6 Å².